The van der Waals surface area contributed by atoms with E-state index in [0.717, 1.165) is 50.4 Å². The second-order valence-corrected chi connectivity index (χ2v) is 8.98. The number of nitrogens with one attached hydrogen (secondary N) is 1. The predicted molar refractivity (Wildman–Crippen MR) is 124 cm³/mol. The van der Waals surface area contributed by atoms with Crippen molar-refractivity contribution in [1.82, 2.24) is 14.9 Å². The van der Waals surface area contributed by atoms with E-state index < -0.39 is 5.41 Å². The van der Waals surface area contributed by atoms with Crippen LogP contribution in [-0.4, -0.2) is 59.4 Å². The van der Waals surface area contributed by atoms with Gasteiger partial charge in [0, 0.05) is 57.6 Å². The van der Waals surface area contributed by atoms with Crippen molar-refractivity contribution in [3.05, 3.63) is 36.7 Å². The Kier molecular flexibility index (Phi) is 5.36. The first-order valence-corrected chi connectivity index (χ1v) is 11.4. The summed E-state index contributed by atoms with van der Waals surface area (Å²) in [4.78, 5) is 39.3. The number of nitrogens with zero attached hydrogens (tertiary/aromatic N) is 6. The zero-order chi connectivity index (χ0) is 23.0. The Bertz CT molecular complexity index is 1100. The Morgan fingerprint density at radius 3 is 2.52 bits per heavy atom. The molecule has 0 aromatic carbocycles. The van der Waals surface area contributed by atoms with Crippen molar-refractivity contribution in [2.45, 2.75) is 26.2 Å². The SMILES string of the molecule is CC(=O)N1CCN(c2ccc(Nc3cc(N4CC[C@@](C#N)(C5CC5)C4=O)ccn3)nc2)CC1. The van der Waals surface area contributed by atoms with Crippen molar-refractivity contribution in [2.24, 2.45) is 11.3 Å². The summed E-state index contributed by atoms with van der Waals surface area (Å²) in [5.74, 6) is 1.48. The molecule has 0 bridgehead atoms. The molecule has 9 nitrogen and oxygen atoms in total. The minimum atomic E-state index is -0.857. The third-order valence-corrected chi connectivity index (χ3v) is 6.98. The van der Waals surface area contributed by atoms with Gasteiger partial charge in [0.2, 0.25) is 11.8 Å². The first kappa shape index (κ1) is 21.2. The molecular weight excluding hydrogens is 418 g/mol. The fourth-order valence-electron chi connectivity index (χ4n) is 4.85. The van der Waals surface area contributed by atoms with Crippen LogP contribution in [-0.2, 0) is 9.59 Å². The number of amides is 2. The average molecular weight is 446 g/mol. The van der Waals surface area contributed by atoms with Crippen molar-refractivity contribution >= 4 is 34.8 Å². The van der Waals surface area contributed by atoms with Gasteiger partial charge in [0.25, 0.3) is 0 Å². The Hall–Kier alpha value is -3.67. The first-order valence-electron chi connectivity index (χ1n) is 11.4. The number of hydrogen-bond donors (Lipinski definition) is 1. The maximum absolute atomic E-state index is 13.1. The lowest BCUT2D eigenvalue weighted by atomic mass is 9.83. The van der Waals surface area contributed by atoms with Gasteiger partial charge in [-0.3, -0.25) is 9.59 Å². The van der Waals surface area contributed by atoms with E-state index >= 15 is 0 Å². The Labute approximate surface area is 193 Å². The number of rotatable bonds is 5. The third kappa shape index (κ3) is 3.97. The molecule has 1 saturated carbocycles. The maximum Gasteiger partial charge on any atom is 0.247 e. The summed E-state index contributed by atoms with van der Waals surface area (Å²) in [6, 6.07) is 9.86. The van der Waals surface area contributed by atoms with Crippen LogP contribution in [0, 0.1) is 22.7 Å². The summed E-state index contributed by atoms with van der Waals surface area (Å²) in [6.07, 6.45) is 5.99. The largest absolute Gasteiger partial charge is 0.367 e. The number of anilines is 4. The molecule has 4 heterocycles. The van der Waals surface area contributed by atoms with Crippen LogP contribution in [0.4, 0.5) is 23.0 Å². The molecule has 2 aromatic rings. The number of pyridine rings is 2. The van der Waals surface area contributed by atoms with E-state index in [1.807, 2.05) is 29.3 Å². The van der Waals surface area contributed by atoms with Gasteiger partial charge in [0.05, 0.1) is 18.0 Å². The molecule has 1 atom stereocenters. The second-order valence-electron chi connectivity index (χ2n) is 8.98. The first-order chi connectivity index (χ1) is 16.0. The number of hydrogen-bond acceptors (Lipinski definition) is 7. The van der Waals surface area contributed by atoms with Gasteiger partial charge in [-0.05, 0) is 43.4 Å². The van der Waals surface area contributed by atoms with Crippen LogP contribution in [0.15, 0.2) is 36.7 Å². The lowest BCUT2D eigenvalue weighted by Crippen LogP contribution is -2.48. The molecule has 3 aliphatic rings. The molecule has 1 aliphatic carbocycles. The Morgan fingerprint density at radius 2 is 1.88 bits per heavy atom. The summed E-state index contributed by atoms with van der Waals surface area (Å²) < 4.78 is 0. The molecule has 0 unspecified atom stereocenters. The van der Waals surface area contributed by atoms with Crippen LogP contribution < -0.4 is 15.1 Å². The fourth-order valence-corrected chi connectivity index (χ4v) is 4.85. The molecule has 2 aliphatic heterocycles. The van der Waals surface area contributed by atoms with Crippen LogP contribution in [0.25, 0.3) is 0 Å². The molecule has 1 N–H and O–H groups in total. The summed E-state index contributed by atoms with van der Waals surface area (Å²) in [6.45, 7) is 5.16. The summed E-state index contributed by atoms with van der Waals surface area (Å²) in [5, 5.41) is 12.9. The summed E-state index contributed by atoms with van der Waals surface area (Å²) in [7, 11) is 0. The van der Waals surface area contributed by atoms with E-state index in [1.165, 1.54) is 0 Å². The van der Waals surface area contributed by atoms with Crippen LogP contribution in [0.5, 0.6) is 0 Å². The van der Waals surface area contributed by atoms with Crippen LogP contribution >= 0.6 is 0 Å². The lowest BCUT2D eigenvalue weighted by molar-refractivity contribution is -0.129. The van der Waals surface area contributed by atoms with Crippen molar-refractivity contribution < 1.29 is 9.59 Å². The summed E-state index contributed by atoms with van der Waals surface area (Å²) in [5.41, 5.74) is 0.903. The van der Waals surface area contributed by atoms with Crippen LogP contribution in [0.2, 0.25) is 0 Å². The zero-order valence-corrected chi connectivity index (χ0v) is 18.7. The monoisotopic (exact) mass is 445 g/mol. The van der Waals surface area contributed by atoms with Gasteiger partial charge in [-0.15, -0.1) is 0 Å². The van der Waals surface area contributed by atoms with Crippen LogP contribution in [0.1, 0.15) is 26.2 Å². The molecule has 33 heavy (non-hydrogen) atoms. The van der Waals surface area contributed by atoms with Gasteiger partial charge in [0.1, 0.15) is 17.1 Å². The van der Waals surface area contributed by atoms with E-state index in [0.29, 0.717) is 24.6 Å². The highest BCUT2D eigenvalue weighted by molar-refractivity contribution is 6.02. The minimum absolute atomic E-state index is 0.0861. The second kappa shape index (κ2) is 8.35. The number of piperazine rings is 1. The molecule has 2 aromatic heterocycles. The highest BCUT2D eigenvalue weighted by atomic mass is 16.2. The number of aromatic nitrogens is 2. The van der Waals surface area contributed by atoms with E-state index in [-0.39, 0.29) is 17.7 Å². The van der Waals surface area contributed by atoms with Gasteiger partial charge in [0.15, 0.2) is 0 Å². The lowest BCUT2D eigenvalue weighted by Gasteiger charge is -2.35. The maximum atomic E-state index is 13.1. The molecule has 2 saturated heterocycles. The fraction of sp³-hybridized carbons (Fsp3) is 0.458. The highest BCUT2D eigenvalue weighted by Gasteiger charge is 2.56. The van der Waals surface area contributed by atoms with Gasteiger partial charge in [-0.25, -0.2) is 9.97 Å². The topological polar surface area (TPSA) is 105 Å². The van der Waals surface area contributed by atoms with Crippen molar-refractivity contribution in [3.8, 4) is 6.07 Å². The van der Waals surface area contributed by atoms with E-state index in [2.05, 4.69) is 26.3 Å². The summed E-state index contributed by atoms with van der Waals surface area (Å²) >= 11 is 0. The van der Waals surface area contributed by atoms with Gasteiger partial charge < -0.3 is 20.0 Å². The smallest absolute Gasteiger partial charge is 0.247 e. The minimum Gasteiger partial charge on any atom is -0.367 e. The molecule has 2 amide bonds. The van der Waals surface area contributed by atoms with Gasteiger partial charge in [-0.1, -0.05) is 0 Å². The van der Waals surface area contributed by atoms with E-state index in [4.69, 9.17) is 0 Å². The van der Waals surface area contributed by atoms with Gasteiger partial charge in [-0.2, -0.15) is 5.26 Å². The predicted octanol–water partition coefficient (Wildman–Crippen LogP) is 2.55. The molecule has 5 rings (SSSR count). The number of carbonyl (C=O) groups is 2. The van der Waals surface area contributed by atoms with Crippen LogP contribution in [0.3, 0.4) is 0 Å². The Morgan fingerprint density at radius 1 is 1.09 bits per heavy atom. The zero-order valence-electron chi connectivity index (χ0n) is 18.7. The Balaban J connectivity index is 1.25. The molecule has 0 radical (unpaired) electrons. The normalized spacial score (nSPS) is 22.9. The van der Waals surface area contributed by atoms with Crippen molar-refractivity contribution in [1.29, 1.82) is 5.26 Å². The highest BCUT2D eigenvalue weighted by Crippen LogP contribution is 2.51. The number of nitriles is 1. The molecular formula is C24H27N7O2. The molecule has 3 fully saturated rings. The van der Waals surface area contributed by atoms with Crippen molar-refractivity contribution in [2.75, 3.05) is 47.8 Å². The average Bonchev–Trinajstić information content (AvgIpc) is 3.63. The molecule has 9 heteroatoms. The molecule has 170 valence electrons. The van der Waals surface area contributed by atoms with Crippen molar-refractivity contribution in [3.63, 3.8) is 0 Å². The standard InChI is InChI=1S/C24H27N7O2/c1-17(32)29-10-12-30(13-11-29)20-4-5-21(27-15-20)28-22-14-19(6-8-26-22)31-9-7-24(16-25,23(31)33)18-2-3-18/h4-6,8,14-15,18H,2-3,7,9-13H2,1H3,(H,26,27,28)/t24-/m1/s1. The third-order valence-electron chi connectivity index (χ3n) is 6.98. The van der Waals surface area contributed by atoms with Gasteiger partial charge >= 0.3 is 0 Å². The number of carbonyl (C=O) groups excluding carboxylic acids is 2. The molecule has 0 spiro atoms. The quantitative estimate of drug-likeness (QED) is 0.754. The van der Waals surface area contributed by atoms with E-state index in [1.54, 1.807) is 24.1 Å². The van der Waals surface area contributed by atoms with E-state index in [9.17, 15) is 14.9 Å².